The van der Waals surface area contributed by atoms with Gasteiger partial charge in [-0.15, -0.1) is 0 Å². The molecule has 0 radical (unpaired) electrons. The van der Waals surface area contributed by atoms with Crippen molar-refractivity contribution >= 4 is 29.2 Å². The number of halogens is 1. The Balaban J connectivity index is 2.25. The summed E-state index contributed by atoms with van der Waals surface area (Å²) in [6, 6.07) is 6.63. The average Bonchev–Trinajstić information content (AvgIpc) is 2.41. The number of pyridine rings is 1. The first kappa shape index (κ1) is 13.8. The van der Waals surface area contributed by atoms with Gasteiger partial charge in [-0.05, 0) is 30.3 Å². The molecule has 7 heteroatoms. The molecule has 1 aromatic heterocycles. The highest BCUT2D eigenvalue weighted by Crippen LogP contribution is 2.25. The zero-order valence-corrected chi connectivity index (χ0v) is 10.8. The highest BCUT2D eigenvalue weighted by molar-refractivity contribution is 6.33. The Morgan fingerprint density at radius 1 is 1.25 bits per heavy atom. The molecule has 1 aromatic carbocycles. The number of carbonyl (C=O) groups excluding carboxylic acids is 1. The number of carboxylic acids is 1. The minimum Gasteiger partial charge on any atom is -0.506 e. The lowest BCUT2D eigenvalue weighted by molar-refractivity contribution is 0.0696. The summed E-state index contributed by atoms with van der Waals surface area (Å²) in [6.07, 6.45) is 1.44. The number of hydrogen-bond donors (Lipinski definition) is 3. The van der Waals surface area contributed by atoms with Gasteiger partial charge in [-0.1, -0.05) is 11.6 Å². The number of hydrogen-bond acceptors (Lipinski definition) is 4. The van der Waals surface area contributed by atoms with Gasteiger partial charge < -0.3 is 15.5 Å². The van der Waals surface area contributed by atoms with E-state index in [-0.39, 0.29) is 27.7 Å². The van der Waals surface area contributed by atoms with Crippen molar-refractivity contribution in [1.29, 1.82) is 0 Å². The third-order valence-corrected chi connectivity index (χ3v) is 2.80. The standard InChI is InChI=1S/C13H9ClN2O4/c14-11-8(2-1-5-15-11)12(18)16-9-4-3-7(13(19)20)6-10(9)17/h1-6,17H,(H,16,18)(H,19,20). The van der Waals surface area contributed by atoms with E-state index in [2.05, 4.69) is 10.3 Å². The van der Waals surface area contributed by atoms with Gasteiger partial charge in [-0.3, -0.25) is 4.79 Å². The van der Waals surface area contributed by atoms with Crippen molar-refractivity contribution in [2.75, 3.05) is 5.32 Å². The van der Waals surface area contributed by atoms with Crippen LogP contribution in [-0.4, -0.2) is 27.1 Å². The third-order valence-electron chi connectivity index (χ3n) is 2.50. The Kier molecular flexibility index (Phi) is 3.86. The number of carbonyl (C=O) groups is 2. The second-order valence-electron chi connectivity index (χ2n) is 3.83. The van der Waals surface area contributed by atoms with Crippen LogP contribution in [0.5, 0.6) is 5.75 Å². The van der Waals surface area contributed by atoms with Gasteiger partial charge in [0.15, 0.2) is 0 Å². The summed E-state index contributed by atoms with van der Waals surface area (Å²) in [5, 5.41) is 20.9. The van der Waals surface area contributed by atoms with Crippen molar-refractivity contribution in [3.05, 3.63) is 52.8 Å². The first-order valence-electron chi connectivity index (χ1n) is 5.47. The number of phenolic OH excluding ortho intramolecular Hbond substituents is 1. The molecule has 102 valence electrons. The quantitative estimate of drug-likeness (QED) is 0.596. The van der Waals surface area contributed by atoms with Gasteiger partial charge in [-0.25, -0.2) is 9.78 Å². The van der Waals surface area contributed by atoms with E-state index in [9.17, 15) is 14.7 Å². The van der Waals surface area contributed by atoms with E-state index >= 15 is 0 Å². The fourth-order valence-electron chi connectivity index (χ4n) is 1.52. The minimum absolute atomic E-state index is 0.0339. The number of rotatable bonds is 3. The van der Waals surface area contributed by atoms with Gasteiger partial charge in [-0.2, -0.15) is 0 Å². The Bertz CT molecular complexity index is 688. The smallest absolute Gasteiger partial charge is 0.335 e. The Morgan fingerprint density at radius 2 is 2.00 bits per heavy atom. The van der Waals surface area contributed by atoms with E-state index in [1.807, 2.05) is 0 Å². The number of benzene rings is 1. The van der Waals surface area contributed by atoms with Crippen molar-refractivity contribution in [1.82, 2.24) is 4.98 Å². The summed E-state index contributed by atoms with van der Waals surface area (Å²) in [7, 11) is 0. The monoisotopic (exact) mass is 292 g/mol. The molecule has 0 unspecified atom stereocenters. The van der Waals surface area contributed by atoms with Gasteiger partial charge in [0.25, 0.3) is 5.91 Å². The van der Waals surface area contributed by atoms with Crippen molar-refractivity contribution < 1.29 is 19.8 Å². The van der Waals surface area contributed by atoms with Gasteiger partial charge in [0.1, 0.15) is 10.9 Å². The van der Waals surface area contributed by atoms with Crippen LogP contribution in [0.15, 0.2) is 36.5 Å². The molecule has 1 heterocycles. The number of aromatic carboxylic acids is 1. The Hall–Kier alpha value is -2.60. The molecular formula is C13H9ClN2O4. The Morgan fingerprint density at radius 3 is 2.60 bits per heavy atom. The minimum atomic E-state index is -1.17. The molecule has 0 aliphatic heterocycles. The lowest BCUT2D eigenvalue weighted by atomic mass is 10.2. The maximum atomic E-state index is 11.9. The number of phenols is 1. The Labute approximate surface area is 118 Å². The lowest BCUT2D eigenvalue weighted by Gasteiger charge is -2.08. The summed E-state index contributed by atoms with van der Waals surface area (Å²) in [5.41, 5.74) is 0.149. The predicted molar refractivity (Wildman–Crippen MR) is 72.3 cm³/mol. The summed E-state index contributed by atoms with van der Waals surface area (Å²) < 4.78 is 0. The molecule has 0 fully saturated rings. The van der Waals surface area contributed by atoms with Crippen LogP contribution in [0.3, 0.4) is 0 Å². The predicted octanol–water partition coefficient (Wildman–Crippen LogP) is 2.39. The van der Waals surface area contributed by atoms with Crippen LogP contribution in [-0.2, 0) is 0 Å². The molecule has 1 amide bonds. The van der Waals surface area contributed by atoms with Crippen LogP contribution in [0, 0.1) is 0 Å². The highest BCUT2D eigenvalue weighted by atomic mass is 35.5. The second kappa shape index (κ2) is 5.58. The van der Waals surface area contributed by atoms with Crippen LogP contribution in [0.1, 0.15) is 20.7 Å². The third kappa shape index (κ3) is 2.86. The first-order chi connectivity index (χ1) is 9.49. The molecule has 2 aromatic rings. The van der Waals surface area contributed by atoms with Gasteiger partial charge in [0.05, 0.1) is 16.8 Å². The lowest BCUT2D eigenvalue weighted by Crippen LogP contribution is -2.13. The zero-order valence-electron chi connectivity index (χ0n) is 10.0. The molecule has 2 rings (SSSR count). The summed E-state index contributed by atoms with van der Waals surface area (Å²) in [5.74, 6) is -2.08. The molecule has 0 bridgehead atoms. The number of amides is 1. The number of anilines is 1. The van der Waals surface area contributed by atoms with Gasteiger partial charge >= 0.3 is 5.97 Å². The molecule has 0 saturated carbocycles. The van der Waals surface area contributed by atoms with E-state index in [0.717, 1.165) is 6.07 Å². The van der Waals surface area contributed by atoms with Crippen LogP contribution in [0.4, 0.5) is 5.69 Å². The van der Waals surface area contributed by atoms with Crippen LogP contribution < -0.4 is 5.32 Å². The number of nitrogens with zero attached hydrogens (tertiary/aromatic N) is 1. The van der Waals surface area contributed by atoms with E-state index in [4.69, 9.17) is 16.7 Å². The zero-order chi connectivity index (χ0) is 14.7. The van der Waals surface area contributed by atoms with Gasteiger partial charge in [0, 0.05) is 6.20 Å². The molecule has 0 aliphatic rings. The van der Waals surface area contributed by atoms with Gasteiger partial charge in [0.2, 0.25) is 0 Å². The maximum Gasteiger partial charge on any atom is 0.335 e. The van der Waals surface area contributed by atoms with E-state index in [1.165, 1.54) is 24.4 Å². The van der Waals surface area contributed by atoms with Crippen molar-refractivity contribution in [3.8, 4) is 5.75 Å². The maximum absolute atomic E-state index is 11.9. The molecule has 0 aliphatic carbocycles. The SMILES string of the molecule is O=C(O)c1ccc(NC(=O)c2cccnc2Cl)c(O)c1. The topological polar surface area (TPSA) is 99.5 Å². The molecule has 0 atom stereocenters. The van der Waals surface area contributed by atoms with E-state index in [1.54, 1.807) is 6.07 Å². The van der Waals surface area contributed by atoms with Crippen LogP contribution in [0.25, 0.3) is 0 Å². The molecule has 0 spiro atoms. The van der Waals surface area contributed by atoms with Crippen molar-refractivity contribution in [3.63, 3.8) is 0 Å². The largest absolute Gasteiger partial charge is 0.506 e. The molecule has 0 saturated heterocycles. The van der Waals surface area contributed by atoms with Crippen molar-refractivity contribution in [2.24, 2.45) is 0 Å². The van der Waals surface area contributed by atoms with Crippen LogP contribution in [0.2, 0.25) is 5.15 Å². The number of aromatic hydroxyl groups is 1. The molecular weight excluding hydrogens is 284 g/mol. The summed E-state index contributed by atoms with van der Waals surface area (Å²) >= 11 is 5.78. The highest BCUT2D eigenvalue weighted by Gasteiger charge is 2.14. The fraction of sp³-hybridized carbons (Fsp3) is 0. The number of aromatic nitrogens is 1. The number of carboxylic acid groups (broad SMARTS) is 1. The van der Waals surface area contributed by atoms with E-state index in [0.29, 0.717) is 0 Å². The van der Waals surface area contributed by atoms with Crippen molar-refractivity contribution in [2.45, 2.75) is 0 Å². The average molecular weight is 293 g/mol. The fourth-order valence-corrected chi connectivity index (χ4v) is 1.72. The van der Waals surface area contributed by atoms with E-state index < -0.39 is 11.9 Å². The molecule has 3 N–H and O–H groups in total. The molecule has 20 heavy (non-hydrogen) atoms. The first-order valence-corrected chi connectivity index (χ1v) is 5.85. The molecule has 6 nitrogen and oxygen atoms in total. The summed E-state index contributed by atoms with van der Waals surface area (Å²) in [6.45, 7) is 0. The summed E-state index contributed by atoms with van der Waals surface area (Å²) in [4.78, 5) is 26.4. The second-order valence-corrected chi connectivity index (χ2v) is 4.19. The van der Waals surface area contributed by atoms with Crippen LogP contribution >= 0.6 is 11.6 Å². The number of nitrogens with one attached hydrogen (secondary N) is 1. The normalized spacial score (nSPS) is 10.1.